The van der Waals surface area contributed by atoms with Crippen LogP contribution < -0.4 is 10.2 Å². The normalized spacial score (nSPS) is 12.2. The van der Waals surface area contributed by atoms with E-state index in [-0.39, 0.29) is 5.91 Å². The summed E-state index contributed by atoms with van der Waals surface area (Å²) in [6.07, 6.45) is 1.04. The van der Waals surface area contributed by atoms with Gasteiger partial charge in [0.1, 0.15) is 5.75 Å². The van der Waals surface area contributed by atoms with Crippen molar-refractivity contribution in [3.8, 4) is 5.75 Å². The minimum absolute atomic E-state index is 0.295. The molecule has 2 aromatic rings. The molecule has 4 nitrogen and oxygen atoms in total. The third kappa shape index (κ3) is 4.93. The zero-order valence-corrected chi connectivity index (χ0v) is 15.8. The third-order valence-corrected chi connectivity index (χ3v) is 4.13. The van der Waals surface area contributed by atoms with Gasteiger partial charge in [0.05, 0.1) is 6.21 Å². The van der Waals surface area contributed by atoms with Crippen LogP contribution in [0.2, 0.25) is 0 Å². The monoisotopic (exact) mass is 388 g/mol. The van der Waals surface area contributed by atoms with Gasteiger partial charge in [-0.1, -0.05) is 33.6 Å². The third-order valence-electron chi connectivity index (χ3n) is 3.60. The Balaban J connectivity index is 1.96. The highest BCUT2D eigenvalue weighted by atomic mass is 79.9. The van der Waals surface area contributed by atoms with Crippen LogP contribution in [0.5, 0.6) is 5.75 Å². The van der Waals surface area contributed by atoms with Crippen LogP contribution in [0.1, 0.15) is 29.2 Å². The average Bonchev–Trinajstić information content (AvgIpc) is 2.51. The molecule has 0 bridgehead atoms. The molecule has 1 amide bonds. The maximum Gasteiger partial charge on any atom is 0.280 e. The van der Waals surface area contributed by atoms with E-state index >= 15 is 0 Å². The number of aryl methyl sites for hydroxylation is 3. The van der Waals surface area contributed by atoms with E-state index < -0.39 is 6.10 Å². The van der Waals surface area contributed by atoms with E-state index in [1.165, 1.54) is 5.56 Å². The fourth-order valence-corrected chi connectivity index (χ4v) is 2.68. The van der Waals surface area contributed by atoms with Crippen LogP contribution in [-0.4, -0.2) is 18.2 Å². The summed E-state index contributed by atoms with van der Waals surface area (Å²) in [6.45, 7) is 7.81. The molecule has 0 aromatic heterocycles. The van der Waals surface area contributed by atoms with Crippen molar-refractivity contribution in [2.75, 3.05) is 0 Å². The summed E-state index contributed by atoms with van der Waals surface area (Å²) in [5.74, 6) is 0.339. The summed E-state index contributed by atoms with van der Waals surface area (Å²) in [5.41, 5.74) is 7.01. The highest BCUT2D eigenvalue weighted by Crippen LogP contribution is 2.17. The predicted molar refractivity (Wildman–Crippen MR) is 101 cm³/mol. The molecule has 0 saturated heterocycles. The van der Waals surface area contributed by atoms with Crippen molar-refractivity contribution in [3.05, 3.63) is 63.1 Å². The van der Waals surface area contributed by atoms with Crippen molar-refractivity contribution in [1.29, 1.82) is 0 Å². The Morgan fingerprint density at radius 3 is 2.33 bits per heavy atom. The van der Waals surface area contributed by atoms with Gasteiger partial charge in [0.2, 0.25) is 0 Å². The van der Waals surface area contributed by atoms with Crippen LogP contribution in [0.15, 0.2) is 46.0 Å². The number of halogens is 1. The Labute approximate surface area is 151 Å². The Hall–Kier alpha value is -2.14. The van der Waals surface area contributed by atoms with Crippen molar-refractivity contribution in [2.45, 2.75) is 33.8 Å². The predicted octanol–water partition coefficient (Wildman–Crippen LogP) is 4.29. The number of carbonyl (C=O) groups excluding carboxylic acids is 1. The van der Waals surface area contributed by atoms with Crippen molar-refractivity contribution in [3.63, 3.8) is 0 Å². The molecule has 0 aliphatic rings. The van der Waals surface area contributed by atoms with Gasteiger partial charge >= 0.3 is 0 Å². The van der Waals surface area contributed by atoms with E-state index in [2.05, 4.69) is 45.5 Å². The minimum Gasteiger partial charge on any atom is -0.481 e. The van der Waals surface area contributed by atoms with E-state index in [1.807, 2.05) is 26.0 Å². The second-order valence-corrected chi connectivity index (χ2v) is 6.68. The fourth-order valence-electron chi connectivity index (χ4n) is 2.42. The quantitative estimate of drug-likeness (QED) is 0.613. The first-order chi connectivity index (χ1) is 11.4. The number of benzene rings is 2. The lowest BCUT2D eigenvalue weighted by Gasteiger charge is -2.13. The summed E-state index contributed by atoms with van der Waals surface area (Å²) < 4.78 is 6.55. The maximum absolute atomic E-state index is 12.1. The van der Waals surface area contributed by atoms with Gasteiger partial charge in [-0.2, -0.15) is 5.10 Å². The molecule has 5 heteroatoms. The zero-order valence-electron chi connectivity index (χ0n) is 14.3. The summed E-state index contributed by atoms with van der Waals surface area (Å²) in [4.78, 5) is 12.1. The minimum atomic E-state index is -0.636. The molecule has 1 atom stereocenters. The number of rotatable bonds is 5. The van der Waals surface area contributed by atoms with E-state index in [0.717, 1.165) is 21.2 Å². The number of amides is 1. The molecule has 2 rings (SSSR count). The van der Waals surface area contributed by atoms with Crippen LogP contribution in [0.25, 0.3) is 0 Å². The molecular formula is C19H21BrN2O2. The van der Waals surface area contributed by atoms with Crippen molar-refractivity contribution < 1.29 is 9.53 Å². The lowest BCUT2D eigenvalue weighted by atomic mass is 10.0. The molecule has 24 heavy (non-hydrogen) atoms. The summed E-state index contributed by atoms with van der Waals surface area (Å²) in [7, 11) is 0. The molecule has 0 fully saturated rings. The number of nitrogens with one attached hydrogen (secondary N) is 1. The van der Waals surface area contributed by atoms with Gasteiger partial charge in [0.25, 0.3) is 5.91 Å². The smallest absolute Gasteiger partial charge is 0.280 e. The van der Waals surface area contributed by atoms with Crippen molar-refractivity contribution in [2.24, 2.45) is 5.10 Å². The largest absolute Gasteiger partial charge is 0.481 e. The van der Waals surface area contributed by atoms with E-state index in [9.17, 15) is 4.79 Å². The number of hydrogen-bond donors (Lipinski definition) is 1. The van der Waals surface area contributed by atoms with Crippen LogP contribution in [-0.2, 0) is 4.79 Å². The number of ether oxygens (including phenoxy) is 1. The molecule has 0 spiro atoms. The summed E-state index contributed by atoms with van der Waals surface area (Å²) in [5, 5.41) is 4.06. The van der Waals surface area contributed by atoms with E-state index in [0.29, 0.717) is 5.75 Å². The molecule has 2 aromatic carbocycles. The van der Waals surface area contributed by atoms with Crippen molar-refractivity contribution >= 4 is 28.1 Å². The molecule has 0 unspecified atom stereocenters. The Morgan fingerprint density at radius 2 is 1.75 bits per heavy atom. The summed E-state index contributed by atoms with van der Waals surface area (Å²) in [6, 6.07) is 11.5. The zero-order chi connectivity index (χ0) is 17.7. The van der Waals surface area contributed by atoms with Gasteiger partial charge in [-0.25, -0.2) is 5.43 Å². The van der Waals surface area contributed by atoms with Crippen LogP contribution in [0.3, 0.4) is 0 Å². The van der Waals surface area contributed by atoms with Crippen LogP contribution >= 0.6 is 15.9 Å². The first-order valence-electron chi connectivity index (χ1n) is 7.70. The first kappa shape index (κ1) is 18.2. The molecule has 0 radical (unpaired) electrons. The first-order valence-corrected chi connectivity index (χ1v) is 8.49. The number of hydrogen-bond acceptors (Lipinski definition) is 3. The van der Waals surface area contributed by atoms with Gasteiger partial charge in [-0.15, -0.1) is 0 Å². The van der Waals surface area contributed by atoms with Gasteiger partial charge in [0, 0.05) is 10.0 Å². The summed E-state index contributed by atoms with van der Waals surface area (Å²) >= 11 is 3.36. The molecule has 1 N–H and O–H groups in total. The van der Waals surface area contributed by atoms with Gasteiger partial charge in [0.15, 0.2) is 6.10 Å². The Kier molecular flexibility index (Phi) is 6.15. The lowest BCUT2D eigenvalue weighted by molar-refractivity contribution is -0.127. The highest BCUT2D eigenvalue weighted by molar-refractivity contribution is 9.10. The van der Waals surface area contributed by atoms with Gasteiger partial charge < -0.3 is 4.74 Å². The fraction of sp³-hybridized carbons (Fsp3) is 0.263. The number of nitrogens with zero attached hydrogens (tertiary/aromatic N) is 1. The number of carbonyl (C=O) groups is 1. The molecule has 126 valence electrons. The van der Waals surface area contributed by atoms with E-state index in [1.54, 1.807) is 25.3 Å². The van der Waals surface area contributed by atoms with Gasteiger partial charge in [-0.3, -0.25) is 4.79 Å². The van der Waals surface area contributed by atoms with Gasteiger partial charge in [-0.05, 0) is 63.1 Å². The Morgan fingerprint density at radius 1 is 1.17 bits per heavy atom. The van der Waals surface area contributed by atoms with Crippen LogP contribution in [0, 0.1) is 20.8 Å². The Bertz CT molecular complexity index is 731. The molecular weight excluding hydrogens is 368 g/mol. The second-order valence-electron chi connectivity index (χ2n) is 5.76. The standard InChI is InChI=1S/C19H21BrN2O2/c1-12-9-13(2)18(14(3)10-12)11-21-22-19(23)15(4)24-17-7-5-16(20)6-8-17/h5-11,15H,1-4H3,(H,22,23)/t15-/m0/s1. The number of hydrazone groups is 1. The molecule has 0 aliphatic carbocycles. The topological polar surface area (TPSA) is 50.7 Å². The maximum atomic E-state index is 12.1. The van der Waals surface area contributed by atoms with Crippen molar-refractivity contribution in [1.82, 2.24) is 5.43 Å². The van der Waals surface area contributed by atoms with E-state index in [4.69, 9.17) is 4.74 Å². The average molecular weight is 389 g/mol. The lowest BCUT2D eigenvalue weighted by Crippen LogP contribution is -2.33. The van der Waals surface area contributed by atoms with Crippen LogP contribution in [0.4, 0.5) is 0 Å². The highest BCUT2D eigenvalue weighted by Gasteiger charge is 2.13. The molecule has 0 heterocycles. The molecule has 0 aliphatic heterocycles. The molecule has 0 saturated carbocycles. The second kappa shape index (κ2) is 8.11. The SMILES string of the molecule is Cc1cc(C)c(C=NNC(=O)[C@H](C)Oc2ccc(Br)cc2)c(C)c1.